The van der Waals surface area contributed by atoms with Crippen LogP contribution < -0.4 is 5.73 Å². The number of nitrogens with two attached hydrogens (primary N) is 1. The first-order valence-corrected chi connectivity index (χ1v) is 6.09. The third-order valence-corrected chi connectivity index (χ3v) is 2.76. The number of hydrogen-bond acceptors (Lipinski definition) is 3. The lowest BCUT2D eigenvalue weighted by Crippen LogP contribution is -2.27. The Labute approximate surface area is 117 Å². The number of hydrogen-bond donors (Lipinski definition) is 1. The van der Waals surface area contributed by atoms with E-state index in [1.54, 1.807) is 25.2 Å². The molecule has 1 rings (SSSR count). The van der Waals surface area contributed by atoms with E-state index in [1.807, 2.05) is 6.07 Å². The number of amides is 1. The van der Waals surface area contributed by atoms with Crippen LogP contribution in [0.1, 0.15) is 22.3 Å². The van der Waals surface area contributed by atoms with Gasteiger partial charge in [0.25, 0.3) is 5.91 Å². The van der Waals surface area contributed by atoms with Crippen molar-refractivity contribution in [3.8, 4) is 17.9 Å². The second-order valence-electron chi connectivity index (χ2n) is 3.84. The quantitative estimate of drug-likeness (QED) is 0.853. The summed E-state index contributed by atoms with van der Waals surface area (Å²) in [7, 11) is 1.65. The fourth-order valence-electron chi connectivity index (χ4n) is 1.44. The molecule has 0 atom stereocenters. The highest BCUT2D eigenvalue weighted by Gasteiger charge is 2.12. The van der Waals surface area contributed by atoms with E-state index in [2.05, 4.69) is 11.8 Å². The second-order valence-corrected chi connectivity index (χ2v) is 4.24. The van der Waals surface area contributed by atoms with Gasteiger partial charge in [0.15, 0.2) is 0 Å². The number of carbonyl (C=O) groups excluding carboxylic acids is 1. The third kappa shape index (κ3) is 4.30. The predicted octanol–water partition coefficient (Wildman–Crippen LogP) is 1.64. The van der Waals surface area contributed by atoms with E-state index in [4.69, 9.17) is 22.6 Å². The number of nitrogens with zero attached hydrogens (tertiary/aromatic N) is 2. The van der Waals surface area contributed by atoms with Crippen molar-refractivity contribution in [3.63, 3.8) is 0 Å². The zero-order valence-electron chi connectivity index (χ0n) is 10.6. The van der Waals surface area contributed by atoms with E-state index in [0.29, 0.717) is 29.1 Å². The highest BCUT2D eigenvalue weighted by Crippen LogP contribution is 2.18. The van der Waals surface area contributed by atoms with Gasteiger partial charge >= 0.3 is 0 Å². The van der Waals surface area contributed by atoms with E-state index < -0.39 is 0 Å². The maximum absolute atomic E-state index is 12.0. The Hall–Kier alpha value is -2.01. The molecule has 0 aromatic heterocycles. The molecule has 0 aliphatic carbocycles. The standard InChI is InChI=1S/C14H14ClN3O/c1-18(9-3-8-17)14(19)12-6-5-11(4-2-7-16)13(15)10-12/h5-6,10H,3,7,9,16H2,1H3. The van der Waals surface area contributed by atoms with Crippen molar-refractivity contribution in [3.05, 3.63) is 34.3 Å². The highest BCUT2D eigenvalue weighted by molar-refractivity contribution is 6.32. The topological polar surface area (TPSA) is 70.1 Å². The van der Waals surface area contributed by atoms with Crippen LogP contribution in [0.4, 0.5) is 0 Å². The molecule has 0 spiro atoms. The summed E-state index contributed by atoms with van der Waals surface area (Å²) in [5.41, 5.74) is 6.40. The number of nitriles is 1. The molecule has 2 N–H and O–H groups in total. The number of halogens is 1. The highest BCUT2D eigenvalue weighted by atomic mass is 35.5. The van der Waals surface area contributed by atoms with Gasteiger partial charge in [-0.1, -0.05) is 23.4 Å². The molecule has 0 aliphatic rings. The maximum atomic E-state index is 12.0. The molecule has 4 nitrogen and oxygen atoms in total. The van der Waals surface area contributed by atoms with Gasteiger partial charge in [-0.05, 0) is 18.2 Å². The summed E-state index contributed by atoms with van der Waals surface area (Å²) >= 11 is 6.05. The van der Waals surface area contributed by atoms with Crippen molar-refractivity contribution in [2.24, 2.45) is 5.73 Å². The molecule has 0 radical (unpaired) electrons. The zero-order valence-corrected chi connectivity index (χ0v) is 11.4. The summed E-state index contributed by atoms with van der Waals surface area (Å²) in [5, 5.41) is 8.91. The first kappa shape index (κ1) is 15.0. The summed E-state index contributed by atoms with van der Waals surface area (Å²) < 4.78 is 0. The van der Waals surface area contributed by atoms with Gasteiger partial charge in [0, 0.05) is 24.7 Å². The fourth-order valence-corrected chi connectivity index (χ4v) is 1.66. The molecule has 0 heterocycles. The SMILES string of the molecule is CN(CCC#N)C(=O)c1ccc(C#CCN)c(Cl)c1. The van der Waals surface area contributed by atoms with Crippen LogP contribution in [-0.2, 0) is 0 Å². The summed E-state index contributed by atoms with van der Waals surface area (Å²) in [5.74, 6) is 5.36. The summed E-state index contributed by atoms with van der Waals surface area (Å²) in [6.07, 6.45) is 0.302. The lowest BCUT2D eigenvalue weighted by Gasteiger charge is -2.15. The largest absolute Gasteiger partial charge is 0.341 e. The van der Waals surface area contributed by atoms with Gasteiger partial charge in [-0.2, -0.15) is 5.26 Å². The van der Waals surface area contributed by atoms with Crippen molar-refractivity contribution in [2.45, 2.75) is 6.42 Å². The van der Waals surface area contributed by atoms with Crippen LogP contribution in [0.5, 0.6) is 0 Å². The van der Waals surface area contributed by atoms with E-state index in [-0.39, 0.29) is 12.5 Å². The van der Waals surface area contributed by atoms with Gasteiger partial charge in [-0.3, -0.25) is 4.79 Å². The molecule has 5 heteroatoms. The Kier molecular flexibility index (Phi) is 5.89. The van der Waals surface area contributed by atoms with Gasteiger partial charge in [0.05, 0.1) is 24.1 Å². The van der Waals surface area contributed by atoms with Crippen molar-refractivity contribution in [1.29, 1.82) is 5.26 Å². The molecule has 0 saturated carbocycles. The summed E-state index contributed by atoms with van der Waals surface area (Å²) in [6.45, 7) is 0.648. The van der Waals surface area contributed by atoms with E-state index >= 15 is 0 Å². The number of benzene rings is 1. The van der Waals surface area contributed by atoms with E-state index in [9.17, 15) is 4.79 Å². The number of carbonyl (C=O) groups is 1. The Morgan fingerprint density at radius 1 is 1.53 bits per heavy atom. The molecule has 0 saturated heterocycles. The monoisotopic (exact) mass is 275 g/mol. The molecule has 1 aromatic carbocycles. The average Bonchev–Trinajstić information content (AvgIpc) is 2.42. The Morgan fingerprint density at radius 2 is 2.26 bits per heavy atom. The molecule has 0 unspecified atom stereocenters. The summed E-state index contributed by atoms with van der Waals surface area (Å²) in [6, 6.07) is 6.93. The minimum atomic E-state index is -0.171. The minimum absolute atomic E-state index is 0.171. The van der Waals surface area contributed by atoms with Gasteiger partial charge in [0.2, 0.25) is 0 Å². The van der Waals surface area contributed by atoms with E-state index in [0.717, 1.165) is 0 Å². The van der Waals surface area contributed by atoms with Crippen LogP contribution >= 0.6 is 11.6 Å². The molecule has 1 aromatic rings. The van der Waals surface area contributed by atoms with Crippen LogP contribution in [0.2, 0.25) is 5.02 Å². The first-order chi connectivity index (χ1) is 9.10. The number of rotatable bonds is 3. The smallest absolute Gasteiger partial charge is 0.253 e. The van der Waals surface area contributed by atoms with Gasteiger partial charge in [-0.15, -0.1) is 0 Å². The van der Waals surface area contributed by atoms with Gasteiger partial charge in [-0.25, -0.2) is 0 Å². The average molecular weight is 276 g/mol. The fraction of sp³-hybridized carbons (Fsp3) is 0.286. The normalized spacial score (nSPS) is 9.16. The molecular weight excluding hydrogens is 262 g/mol. The van der Waals surface area contributed by atoms with Gasteiger partial charge in [0.1, 0.15) is 0 Å². The molecular formula is C14H14ClN3O. The Morgan fingerprint density at radius 3 is 2.84 bits per heavy atom. The second kappa shape index (κ2) is 7.43. The zero-order chi connectivity index (χ0) is 14.3. The molecule has 0 aliphatic heterocycles. The van der Waals surface area contributed by atoms with Crippen LogP contribution in [0.25, 0.3) is 0 Å². The van der Waals surface area contributed by atoms with Crippen LogP contribution in [-0.4, -0.2) is 30.9 Å². The third-order valence-electron chi connectivity index (χ3n) is 2.45. The van der Waals surface area contributed by atoms with Crippen molar-refractivity contribution >= 4 is 17.5 Å². The predicted molar refractivity (Wildman–Crippen MR) is 74.6 cm³/mol. The first-order valence-electron chi connectivity index (χ1n) is 5.71. The minimum Gasteiger partial charge on any atom is -0.341 e. The van der Waals surface area contributed by atoms with E-state index in [1.165, 1.54) is 4.90 Å². The van der Waals surface area contributed by atoms with Crippen LogP contribution in [0.3, 0.4) is 0 Å². The molecule has 19 heavy (non-hydrogen) atoms. The summed E-state index contributed by atoms with van der Waals surface area (Å²) in [4.78, 5) is 13.5. The van der Waals surface area contributed by atoms with Crippen molar-refractivity contribution in [2.75, 3.05) is 20.1 Å². The maximum Gasteiger partial charge on any atom is 0.253 e. The van der Waals surface area contributed by atoms with Crippen LogP contribution in [0.15, 0.2) is 18.2 Å². The molecule has 1 amide bonds. The lowest BCUT2D eigenvalue weighted by molar-refractivity contribution is 0.0798. The molecule has 0 fully saturated rings. The van der Waals surface area contributed by atoms with Crippen LogP contribution in [0, 0.1) is 23.2 Å². The Balaban J connectivity index is 2.89. The molecule has 98 valence electrons. The van der Waals surface area contributed by atoms with Crippen molar-refractivity contribution < 1.29 is 4.79 Å². The Bertz CT molecular complexity index is 566. The van der Waals surface area contributed by atoms with Gasteiger partial charge < -0.3 is 10.6 Å². The molecule has 0 bridgehead atoms. The lowest BCUT2D eigenvalue weighted by atomic mass is 10.1. The van der Waals surface area contributed by atoms with Crippen molar-refractivity contribution in [1.82, 2.24) is 4.90 Å².